The number of nitrogens with zero attached hydrogens (tertiary/aromatic N) is 2. The van der Waals surface area contributed by atoms with Gasteiger partial charge in [0, 0.05) is 33.2 Å². The fourth-order valence-corrected chi connectivity index (χ4v) is 4.86. The highest BCUT2D eigenvalue weighted by atomic mass is 35.5. The van der Waals surface area contributed by atoms with Gasteiger partial charge in [-0.25, -0.2) is 9.38 Å². The summed E-state index contributed by atoms with van der Waals surface area (Å²) in [5, 5.41) is 6.13. The van der Waals surface area contributed by atoms with Crippen molar-refractivity contribution in [1.29, 1.82) is 0 Å². The van der Waals surface area contributed by atoms with Crippen LogP contribution >= 0.6 is 34.5 Å². The number of fused-ring (bicyclic) bond motifs is 1. The van der Waals surface area contributed by atoms with E-state index in [9.17, 15) is 14.4 Å². The minimum Gasteiger partial charge on any atom is -0.321 e. The van der Waals surface area contributed by atoms with E-state index in [1.807, 2.05) is 13.0 Å². The van der Waals surface area contributed by atoms with Gasteiger partial charge in [-0.1, -0.05) is 66.1 Å². The van der Waals surface area contributed by atoms with Crippen molar-refractivity contribution in [3.63, 3.8) is 0 Å². The number of halogens is 2. The lowest BCUT2D eigenvalue weighted by molar-refractivity contribution is 0.0989. The molecule has 0 spiro atoms. The Balaban J connectivity index is 1.81. The van der Waals surface area contributed by atoms with E-state index in [1.54, 1.807) is 24.3 Å². The van der Waals surface area contributed by atoms with Crippen LogP contribution in [0.15, 0.2) is 59.4 Å². The van der Waals surface area contributed by atoms with Gasteiger partial charge in [0.2, 0.25) is 0 Å². The van der Waals surface area contributed by atoms with E-state index in [2.05, 4.69) is 15.6 Å². The normalized spacial score (nSPS) is 10.9. The zero-order valence-electron chi connectivity index (χ0n) is 17.4. The molecule has 0 saturated heterocycles. The van der Waals surface area contributed by atoms with E-state index in [4.69, 9.17) is 23.2 Å². The number of nitrogens with one attached hydrogen (secondary N) is 2. The molecule has 0 saturated carbocycles. The first-order chi connectivity index (χ1) is 15.9. The lowest BCUT2D eigenvalue weighted by Crippen LogP contribution is -2.25. The first-order valence-corrected chi connectivity index (χ1v) is 11.6. The molecule has 0 bridgehead atoms. The topological polar surface area (TPSA) is 92.6 Å². The third-order valence-corrected chi connectivity index (χ3v) is 6.13. The van der Waals surface area contributed by atoms with Gasteiger partial charge in [-0.05, 0) is 36.8 Å². The van der Waals surface area contributed by atoms with Crippen LogP contribution in [0.1, 0.15) is 39.2 Å². The van der Waals surface area contributed by atoms with Crippen LogP contribution in [0.5, 0.6) is 0 Å². The predicted octanol–water partition coefficient (Wildman–Crippen LogP) is 5.52. The number of carbonyl (C=O) groups excluding carboxylic acids is 2. The van der Waals surface area contributed by atoms with Gasteiger partial charge in [-0.2, -0.15) is 0 Å². The van der Waals surface area contributed by atoms with E-state index in [1.165, 1.54) is 28.7 Å². The molecular formula is C23H18Cl2N4O3S. The van der Waals surface area contributed by atoms with Gasteiger partial charge in [0.25, 0.3) is 17.4 Å². The molecule has 0 aliphatic carbocycles. The number of thiazole rings is 1. The number of anilines is 2. The van der Waals surface area contributed by atoms with Gasteiger partial charge in [0.15, 0.2) is 4.96 Å². The minimum absolute atomic E-state index is 0.0396. The van der Waals surface area contributed by atoms with Crippen molar-refractivity contribution in [3.05, 3.63) is 91.3 Å². The Morgan fingerprint density at radius 1 is 0.970 bits per heavy atom. The second-order valence-electron chi connectivity index (χ2n) is 7.17. The number of hydrogen-bond donors (Lipinski definition) is 2. The van der Waals surface area contributed by atoms with Crippen LogP contribution in [0.25, 0.3) is 4.96 Å². The maximum atomic E-state index is 13.2. The molecule has 4 aromatic rings. The number of aromatic nitrogens is 2. The lowest BCUT2D eigenvalue weighted by atomic mass is 10.2. The molecule has 2 aromatic heterocycles. The summed E-state index contributed by atoms with van der Waals surface area (Å²) >= 11 is 13.0. The molecule has 33 heavy (non-hydrogen) atoms. The van der Waals surface area contributed by atoms with Crippen molar-refractivity contribution in [2.75, 3.05) is 10.6 Å². The van der Waals surface area contributed by atoms with Crippen molar-refractivity contribution in [3.8, 4) is 0 Å². The Morgan fingerprint density at radius 3 is 2.30 bits per heavy atom. The van der Waals surface area contributed by atoms with Crippen LogP contribution in [0.3, 0.4) is 0 Å². The number of hydrogen-bond acceptors (Lipinski definition) is 5. The highest BCUT2D eigenvalue weighted by Crippen LogP contribution is 2.26. The molecule has 0 fully saturated rings. The molecule has 0 aliphatic rings. The molecule has 7 nitrogen and oxygen atoms in total. The maximum absolute atomic E-state index is 13.2. The minimum atomic E-state index is -0.603. The van der Waals surface area contributed by atoms with Crippen molar-refractivity contribution >= 4 is 62.7 Å². The standard InChI is InChI=1S/C23H18Cl2N4O3S/c1-2-6-16-12-18(30)29-19(21(31)26-15-7-4-3-5-8-15)20(33-23(29)28-16)22(32)27-17-10-13(24)9-14(25)11-17/h3-5,7-12H,2,6H2,1H3,(H,26,31)(H,27,32). The Labute approximate surface area is 203 Å². The van der Waals surface area contributed by atoms with Crippen molar-refractivity contribution in [2.45, 2.75) is 19.8 Å². The SMILES string of the molecule is CCCc1cc(=O)n2c(C(=O)Nc3ccccc3)c(C(=O)Nc3cc(Cl)cc(Cl)c3)sc2n1. The smallest absolute Gasteiger partial charge is 0.274 e. The predicted molar refractivity (Wildman–Crippen MR) is 132 cm³/mol. The Bertz CT molecular complexity index is 1400. The lowest BCUT2D eigenvalue weighted by Gasteiger charge is -2.09. The molecule has 2 amide bonds. The monoisotopic (exact) mass is 500 g/mol. The highest BCUT2D eigenvalue weighted by Gasteiger charge is 2.26. The summed E-state index contributed by atoms with van der Waals surface area (Å²) in [5.74, 6) is -1.19. The van der Waals surface area contributed by atoms with Crippen LogP contribution in [0.4, 0.5) is 11.4 Å². The fourth-order valence-electron chi connectivity index (χ4n) is 3.29. The van der Waals surface area contributed by atoms with Crippen LogP contribution in [0.2, 0.25) is 10.0 Å². The zero-order valence-corrected chi connectivity index (χ0v) is 19.7. The summed E-state index contributed by atoms with van der Waals surface area (Å²) in [6.45, 7) is 1.98. The Morgan fingerprint density at radius 2 is 1.64 bits per heavy atom. The summed E-state index contributed by atoms with van der Waals surface area (Å²) < 4.78 is 1.17. The quantitative estimate of drug-likeness (QED) is 0.364. The molecule has 0 radical (unpaired) electrons. The molecule has 4 rings (SSSR count). The third kappa shape index (κ3) is 5.08. The molecule has 168 valence electrons. The summed E-state index contributed by atoms with van der Waals surface area (Å²) in [7, 11) is 0. The summed E-state index contributed by atoms with van der Waals surface area (Å²) in [6, 6.07) is 14.8. The van der Waals surface area contributed by atoms with E-state index >= 15 is 0 Å². The van der Waals surface area contributed by atoms with Crippen molar-refractivity contribution in [1.82, 2.24) is 9.38 Å². The Hall–Kier alpha value is -3.20. The summed E-state index contributed by atoms with van der Waals surface area (Å²) in [5.41, 5.74) is 0.968. The zero-order chi connectivity index (χ0) is 23.5. The second-order valence-corrected chi connectivity index (χ2v) is 9.02. The van der Waals surface area contributed by atoms with E-state index < -0.39 is 17.4 Å². The molecule has 2 N–H and O–H groups in total. The molecule has 2 aromatic carbocycles. The number of amides is 2. The average molecular weight is 501 g/mol. The Kier molecular flexibility index (Phi) is 6.78. The van der Waals surface area contributed by atoms with Crippen LogP contribution < -0.4 is 16.2 Å². The van der Waals surface area contributed by atoms with Crippen molar-refractivity contribution < 1.29 is 9.59 Å². The third-order valence-electron chi connectivity index (χ3n) is 4.65. The molecule has 0 atom stereocenters. The molecular weight excluding hydrogens is 483 g/mol. The van der Waals surface area contributed by atoms with Crippen LogP contribution in [-0.4, -0.2) is 21.2 Å². The number of benzene rings is 2. The van der Waals surface area contributed by atoms with Gasteiger partial charge < -0.3 is 10.6 Å². The van der Waals surface area contributed by atoms with E-state index in [0.717, 1.165) is 17.8 Å². The first kappa shape index (κ1) is 23.0. The number of rotatable bonds is 6. The van der Waals surface area contributed by atoms with Gasteiger partial charge >= 0.3 is 0 Å². The number of aryl methyl sites for hydroxylation is 1. The van der Waals surface area contributed by atoms with Gasteiger partial charge in [0.05, 0.1) is 0 Å². The van der Waals surface area contributed by atoms with Gasteiger partial charge in [0.1, 0.15) is 10.6 Å². The maximum Gasteiger partial charge on any atom is 0.274 e. The number of carbonyl (C=O) groups is 2. The van der Waals surface area contributed by atoms with E-state index in [0.29, 0.717) is 33.5 Å². The average Bonchev–Trinajstić information content (AvgIpc) is 3.14. The van der Waals surface area contributed by atoms with Gasteiger partial charge in [-0.3, -0.25) is 14.4 Å². The molecule has 0 aliphatic heterocycles. The van der Waals surface area contributed by atoms with Gasteiger partial charge in [-0.15, -0.1) is 0 Å². The van der Waals surface area contributed by atoms with Crippen LogP contribution in [-0.2, 0) is 6.42 Å². The van der Waals surface area contributed by atoms with Crippen LogP contribution in [0, 0.1) is 0 Å². The highest BCUT2D eigenvalue weighted by molar-refractivity contribution is 7.19. The van der Waals surface area contributed by atoms with Crippen molar-refractivity contribution in [2.24, 2.45) is 0 Å². The molecule has 2 heterocycles. The largest absolute Gasteiger partial charge is 0.321 e. The van der Waals surface area contributed by atoms with E-state index in [-0.39, 0.29) is 15.5 Å². The second kappa shape index (κ2) is 9.74. The molecule has 0 unspecified atom stereocenters. The summed E-state index contributed by atoms with van der Waals surface area (Å²) in [4.78, 5) is 44.1. The number of para-hydroxylation sites is 1. The molecule has 10 heteroatoms. The first-order valence-electron chi connectivity index (χ1n) is 10.0. The fraction of sp³-hybridized carbons (Fsp3) is 0.130. The summed E-state index contributed by atoms with van der Waals surface area (Å²) in [6.07, 6.45) is 1.41.